The lowest BCUT2D eigenvalue weighted by atomic mass is 9.98. The van der Waals surface area contributed by atoms with E-state index in [9.17, 15) is 0 Å². The maximum Gasteiger partial charge on any atom is 0.181 e. The first-order chi connectivity index (χ1) is 7.47. The van der Waals surface area contributed by atoms with Crippen LogP contribution in [0.2, 0.25) is 0 Å². The zero-order valence-corrected chi connectivity index (χ0v) is 10.4. The van der Waals surface area contributed by atoms with Crippen molar-refractivity contribution in [3.8, 4) is 11.5 Å². The van der Waals surface area contributed by atoms with Crippen LogP contribution in [0, 0.1) is 0 Å². The summed E-state index contributed by atoms with van der Waals surface area (Å²) in [6.07, 6.45) is 1.65. The molecule has 2 aromatic heterocycles. The number of aromatic nitrogens is 3. The number of nitrogens with two attached hydrogens (primary N) is 1. The van der Waals surface area contributed by atoms with Crippen LogP contribution in [0.15, 0.2) is 17.6 Å². The molecule has 4 nitrogen and oxygen atoms in total. The van der Waals surface area contributed by atoms with E-state index in [4.69, 9.17) is 5.73 Å². The summed E-state index contributed by atoms with van der Waals surface area (Å²) < 4.78 is 0. The predicted molar refractivity (Wildman–Crippen MR) is 66.3 cm³/mol. The first-order valence-corrected chi connectivity index (χ1v) is 5.90. The Hall–Kier alpha value is -1.49. The SMILES string of the molecule is CC(C)(C)c1nc(-c2nccc(N)n2)cs1. The topological polar surface area (TPSA) is 64.7 Å². The van der Waals surface area contributed by atoms with E-state index in [0.29, 0.717) is 11.6 Å². The fourth-order valence-electron chi connectivity index (χ4n) is 1.22. The number of anilines is 1. The van der Waals surface area contributed by atoms with Gasteiger partial charge in [-0.05, 0) is 6.07 Å². The van der Waals surface area contributed by atoms with Gasteiger partial charge in [0.25, 0.3) is 0 Å². The third-order valence-electron chi connectivity index (χ3n) is 2.05. The summed E-state index contributed by atoms with van der Waals surface area (Å²) in [7, 11) is 0. The van der Waals surface area contributed by atoms with E-state index in [1.54, 1.807) is 23.6 Å². The van der Waals surface area contributed by atoms with Gasteiger partial charge in [-0.15, -0.1) is 11.3 Å². The lowest BCUT2D eigenvalue weighted by molar-refractivity contribution is 0.586. The average molecular weight is 234 g/mol. The summed E-state index contributed by atoms with van der Waals surface area (Å²) >= 11 is 1.63. The minimum absolute atomic E-state index is 0.0588. The van der Waals surface area contributed by atoms with Crippen molar-refractivity contribution in [2.75, 3.05) is 5.73 Å². The summed E-state index contributed by atoms with van der Waals surface area (Å²) in [4.78, 5) is 12.8. The number of hydrogen-bond acceptors (Lipinski definition) is 5. The van der Waals surface area contributed by atoms with Gasteiger partial charge in [0.1, 0.15) is 11.5 Å². The highest BCUT2D eigenvalue weighted by molar-refractivity contribution is 7.10. The van der Waals surface area contributed by atoms with Crippen LogP contribution < -0.4 is 5.73 Å². The van der Waals surface area contributed by atoms with Crippen molar-refractivity contribution < 1.29 is 0 Å². The molecule has 0 saturated carbocycles. The molecule has 2 heterocycles. The Kier molecular flexibility index (Phi) is 2.63. The Balaban J connectivity index is 2.39. The van der Waals surface area contributed by atoms with Crippen LogP contribution in [0.3, 0.4) is 0 Å². The molecule has 0 amide bonds. The second-order valence-corrected chi connectivity index (χ2v) is 5.45. The Morgan fingerprint density at radius 3 is 2.56 bits per heavy atom. The summed E-state index contributed by atoms with van der Waals surface area (Å²) in [5, 5.41) is 3.04. The molecule has 0 spiro atoms. The maximum atomic E-state index is 5.61. The fourth-order valence-corrected chi connectivity index (χ4v) is 2.10. The lowest BCUT2D eigenvalue weighted by Crippen LogP contribution is -2.10. The van der Waals surface area contributed by atoms with Gasteiger partial charge >= 0.3 is 0 Å². The van der Waals surface area contributed by atoms with Gasteiger partial charge in [0.2, 0.25) is 0 Å². The van der Waals surface area contributed by atoms with E-state index < -0.39 is 0 Å². The van der Waals surface area contributed by atoms with Gasteiger partial charge in [0.05, 0.1) is 5.01 Å². The van der Waals surface area contributed by atoms with Crippen LogP contribution in [-0.4, -0.2) is 15.0 Å². The normalized spacial score (nSPS) is 11.7. The van der Waals surface area contributed by atoms with Gasteiger partial charge in [-0.3, -0.25) is 0 Å². The molecule has 0 saturated heterocycles. The Labute approximate surface area is 98.6 Å². The van der Waals surface area contributed by atoms with Gasteiger partial charge in [-0.2, -0.15) is 0 Å². The fraction of sp³-hybridized carbons (Fsp3) is 0.364. The van der Waals surface area contributed by atoms with Crippen LogP contribution in [0.25, 0.3) is 11.5 Å². The first-order valence-electron chi connectivity index (χ1n) is 5.02. The summed E-state index contributed by atoms with van der Waals surface area (Å²) in [6, 6.07) is 1.67. The average Bonchev–Trinajstić information content (AvgIpc) is 2.65. The molecule has 2 N–H and O–H groups in total. The summed E-state index contributed by atoms with van der Waals surface area (Å²) in [5.74, 6) is 1.06. The number of rotatable bonds is 1. The van der Waals surface area contributed by atoms with E-state index in [0.717, 1.165) is 10.7 Å². The maximum absolute atomic E-state index is 5.61. The minimum atomic E-state index is 0.0588. The van der Waals surface area contributed by atoms with Gasteiger partial charge < -0.3 is 5.73 Å². The molecule has 16 heavy (non-hydrogen) atoms. The zero-order chi connectivity index (χ0) is 11.8. The van der Waals surface area contributed by atoms with Gasteiger partial charge in [-0.25, -0.2) is 15.0 Å². The molecule has 2 rings (SSSR count). The highest BCUT2D eigenvalue weighted by Gasteiger charge is 2.19. The summed E-state index contributed by atoms with van der Waals surface area (Å²) in [5.41, 5.74) is 6.47. The molecule has 5 heteroatoms. The molecule has 0 bridgehead atoms. The van der Waals surface area contributed by atoms with E-state index in [-0.39, 0.29) is 5.41 Å². The predicted octanol–water partition coefficient (Wildman–Crippen LogP) is 2.48. The zero-order valence-electron chi connectivity index (χ0n) is 9.56. The van der Waals surface area contributed by atoms with Gasteiger partial charge in [0, 0.05) is 17.0 Å². The number of hydrogen-bond donors (Lipinski definition) is 1. The molecule has 84 valence electrons. The van der Waals surface area contributed by atoms with E-state index in [2.05, 4.69) is 35.7 Å². The Morgan fingerprint density at radius 2 is 2.00 bits per heavy atom. The van der Waals surface area contributed by atoms with E-state index in [1.807, 2.05) is 5.38 Å². The van der Waals surface area contributed by atoms with Crippen molar-refractivity contribution in [2.45, 2.75) is 26.2 Å². The quantitative estimate of drug-likeness (QED) is 0.823. The van der Waals surface area contributed by atoms with Gasteiger partial charge in [-0.1, -0.05) is 20.8 Å². The minimum Gasteiger partial charge on any atom is -0.384 e. The second kappa shape index (κ2) is 3.83. The van der Waals surface area contributed by atoms with Crippen LogP contribution in [-0.2, 0) is 5.41 Å². The van der Waals surface area contributed by atoms with Crippen molar-refractivity contribution in [1.82, 2.24) is 15.0 Å². The van der Waals surface area contributed by atoms with Gasteiger partial charge in [0.15, 0.2) is 5.82 Å². The van der Waals surface area contributed by atoms with Crippen LogP contribution in [0.1, 0.15) is 25.8 Å². The number of nitrogen functional groups attached to an aromatic ring is 1. The highest BCUT2D eigenvalue weighted by atomic mass is 32.1. The van der Waals surface area contributed by atoms with Crippen LogP contribution in [0.5, 0.6) is 0 Å². The van der Waals surface area contributed by atoms with Crippen molar-refractivity contribution in [1.29, 1.82) is 0 Å². The molecule has 2 aromatic rings. The molecule has 0 aromatic carbocycles. The summed E-state index contributed by atoms with van der Waals surface area (Å²) in [6.45, 7) is 6.40. The molecular formula is C11H14N4S. The smallest absolute Gasteiger partial charge is 0.181 e. The Bertz CT molecular complexity index is 499. The van der Waals surface area contributed by atoms with Crippen LogP contribution in [0.4, 0.5) is 5.82 Å². The van der Waals surface area contributed by atoms with Crippen molar-refractivity contribution >= 4 is 17.2 Å². The molecule has 0 fully saturated rings. The largest absolute Gasteiger partial charge is 0.384 e. The molecule has 0 aliphatic carbocycles. The number of thiazole rings is 1. The molecule has 0 atom stereocenters. The highest BCUT2D eigenvalue weighted by Crippen LogP contribution is 2.28. The number of nitrogens with zero attached hydrogens (tertiary/aromatic N) is 3. The van der Waals surface area contributed by atoms with Crippen LogP contribution >= 0.6 is 11.3 Å². The molecule has 0 aliphatic rings. The molecule has 0 radical (unpaired) electrons. The Morgan fingerprint density at radius 1 is 1.25 bits per heavy atom. The monoisotopic (exact) mass is 234 g/mol. The lowest BCUT2D eigenvalue weighted by Gasteiger charge is -2.13. The second-order valence-electron chi connectivity index (χ2n) is 4.59. The molecular weight excluding hydrogens is 220 g/mol. The van der Waals surface area contributed by atoms with E-state index in [1.165, 1.54) is 0 Å². The third-order valence-corrected chi connectivity index (χ3v) is 3.32. The standard InChI is InChI=1S/C11H14N4S/c1-11(2,3)10-14-7(6-16-10)9-13-5-4-8(12)15-9/h4-6H,1-3H3,(H2,12,13,15). The third kappa shape index (κ3) is 2.19. The molecule has 0 aliphatic heterocycles. The molecule has 0 unspecified atom stereocenters. The van der Waals surface area contributed by atoms with E-state index >= 15 is 0 Å². The van der Waals surface area contributed by atoms with Crippen molar-refractivity contribution in [3.63, 3.8) is 0 Å². The van der Waals surface area contributed by atoms with Crippen molar-refractivity contribution in [2.24, 2.45) is 0 Å². The first kappa shape index (κ1) is 11.0. The van der Waals surface area contributed by atoms with Crippen molar-refractivity contribution in [3.05, 3.63) is 22.7 Å².